The van der Waals surface area contributed by atoms with Crippen LogP contribution in [-0.4, -0.2) is 22.5 Å². The van der Waals surface area contributed by atoms with Crippen LogP contribution in [0.25, 0.3) is 10.2 Å². The highest BCUT2D eigenvalue weighted by Crippen LogP contribution is 2.19. The molecule has 0 saturated carbocycles. The number of hydrogen-bond acceptors (Lipinski definition) is 3. The maximum Gasteiger partial charge on any atom is 0.248 e. The summed E-state index contributed by atoms with van der Waals surface area (Å²) in [5, 5.41) is 0. The number of rotatable bonds is 4. The number of hydrogen-bond donors (Lipinski definition) is 0. The topological polar surface area (TPSA) is 34.4 Å². The molecule has 19 heavy (non-hydrogen) atoms. The molecule has 1 aromatic carbocycles. The third-order valence-corrected chi connectivity index (χ3v) is 4.51. The molecule has 3 nitrogen and oxygen atoms in total. The molecule has 0 aliphatic heterocycles. The average molecular weight is 294 g/mol. The first kappa shape index (κ1) is 14.3. The van der Waals surface area contributed by atoms with E-state index in [2.05, 4.69) is 40.9 Å². The SMILES string of the molecule is CCC(=O)N=c1sc2cc(C)ccc2n1CCSC. The van der Waals surface area contributed by atoms with Gasteiger partial charge in [0, 0.05) is 18.7 Å². The Morgan fingerprint density at radius 2 is 2.26 bits per heavy atom. The van der Waals surface area contributed by atoms with E-state index < -0.39 is 0 Å². The molecule has 2 rings (SSSR count). The van der Waals surface area contributed by atoms with Gasteiger partial charge in [-0.1, -0.05) is 24.3 Å². The second-order valence-corrected chi connectivity index (χ2v) is 6.35. The lowest BCUT2D eigenvalue weighted by Crippen LogP contribution is -2.17. The van der Waals surface area contributed by atoms with Crippen LogP contribution in [0.15, 0.2) is 23.2 Å². The lowest BCUT2D eigenvalue weighted by molar-refractivity contribution is -0.117. The summed E-state index contributed by atoms with van der Waals surface area (Å²) >= 11 is 3.40. The van der Waals surface area contributed by atoms with Gasteiger partial charge < -0.3 is 4.57 Å². The van der Waals surface area contributed by atoms with E-state index in [9.17, 15) is 4.79 Å². The first-order chi connectivity index (χ1) is 9.15. The Kier molecular flexibility index (Phi) is 4.82. The maximum absolute atomic E-state index is 11.6. The zero-order valence-electron chi connectivity index (χ0n) is 11.5. The number of carbonyl (C=O) groups is 1. The van der Waals surface area contributed by atoms with Gasteiger partial charge in [-0.25, -0.2) is 0 Å². The highest BCUT2D eigenvalue weighted by Gasteiger charge is 2.07. The number of carbonyl (C=O) groups excluding carboxylic acids is 1. The summed E-state index contributed by atoms with van der Waals surface area (Å²) in [5.74, 6) is 0.967. The van der Waals surface area contributed by atoms with Crippen LogP contribution in [0.3, 0.4) is 0 Å². The standard InChI is InChI=1S/C14H18N2OS2/c1-4-13(17)15-14-16(7-8-18-3)11-6-5-10(2)9-12(11)19-14/h5-6,9H,4,7-8H2,1-3H3. The summed E-state index contributed by atoms with van der Waals surface area (Å²) in [6, 6.07) is 6.39. The summed E-state index contributed by atoms with van der Waals surface area (Å²) < 4.78 is 3.35. The Morgan fingerprint density at radius 1 is 1.47 bits per heavy atom. The molecular formula is C14H18N2OS2. The number of aryl methyl sites for hydroxylation is 2. The summed E-state index contributed by atoms with van der Waals surface area (Å²) in [6.45, 7) is 4.81. The van der Waals surface area contributed by atoms with Gasteiger partial charge in [-0.2, -0.15) is 16.8 Å². The molecule has 0 atom stereocenters. The van der Waals surface area contributed by atoms with E-state index >= 15 is 0 Å². The monoisotopic (exact) mass is 294 g/mol. The van der Waals surface area contributed by atoms with Gasteiger partial charge in [-0.3, -0.25) is 4.79 Å². The quantitative estimate of drug-likeness (QED) is 0.868. The number of thioether (sulfide) groups is 1. The van der Waals surface area contributed by atoms with E-state index in [0.717, 1.165) is 17.1 Å². The third kappa shape index (κ3) is 3.28. The Hall–Kier alpha value is -1.07. The molecule has 0 fully saturated rings. The van der Waals surface area contributed by atoms with Crippen LogP contribution in [0.4, 0.5) is 0 Å². The van der Waals surface area contributed by atoms with Crippen LogP contribution in [-0.2, 0) is 11.3 Å². The molecule has 2 aromatic rings. The average Bonchev–Trinajstić information content (AvgIpc) is 2.72. The number of amides is 1. The summed E-state index contributed by atoms with van der Waals surface area (Å²) in [4.78, 5) is 16.6. The largest absolute Gasteiger partial charge is 0.316 e. The highest BCUT2D eigenvalue weighted by molar-refractivity contribution is 7.98. The lowest BCUT2D eigenvalue weighted by atomic mass is 10.2. The van der Waals surface area contributed by atoms with E-state index in [1.54, 1.807) is 23.1 Å². The molecule has 0 N–H and O–H groups in total. The van der Waals surface area contributed by atoms with Gasteiger partial charge in [0.1, 0.15) is 0 Å². The van der Waals surface area contributed by atoms with Crippen LogP contribution in [0, 0.1) is 6.92 Å². The number of benzene rings is 1. The molecule has 1 heterocycles. The first-order valence-electron chi connectivity index (χ1n) is 6.32. The minimum atomic E-state index is -0.0545. The molecule has 1 amide bonds. The first-order valence-corrected chi connectivity index (χ1v) is 8.53. The molecule has 0 aliphatic carbocycles. The molecule has 0 radical (unpaired) electrons. The van der Waals surface area contributed by atoms with E-state index in [1.165, 1.54) is 15.8 Å². The van der Waals surface area contributed by atoms with Crippen molar-refractivity contribution in [2.24, 2.45) is 4.99 Å². The van der Waals surface area contributed by atoms with Gasteiger partial charge in [-0.15, -0.1) is 0 Å². The molecular weight excluding hydrogens is 276 g/mol. The van der Waals surface area contributed by atoms with Crippen molar-refractivity contribution in [1.82, 2.24) is 4.57 Å². The van der Waals surface area contributed by atoms with Crippen LogP contribution in [0.1, 0.15) is 18.9 Å². The van der Waals surface area contributed by atoms with E-state index in [4.69, 9.17) is 0 Å². The van der Waals surface area contributed by atoms with Gasteiger partial charge >= 0.3 is 0 Å². The van der Waals surface area contributed by atoms with Gasteiger partial charge in [0.05, 0.1) is 10.2 Å². The fraction of sp³-hybridized carbons (Fsp3) is 0.429. The van der Waals surface area contributed by atoms with Gasteiger partial charge in [0.15, 0.2) is 4.80 Å². The molecule has 0 unspecified atom stereocenters. The second kappa shape index (κ2) is 6.39. The van der Waals surface area contributed by atoms with Crippen molar-refractivity contribution in [2.45, 2.75) is 26.8 Å². The normalized spacial score (nSPS) is 12.3. The number of aromatic nitrogens is 1. The van der Waals surface area contributed by atoms with Gasteiger partial charge in [0.25, 0.3) is 0 Å². The molecule has 1 aromatic heterocycles. The maximum atomic E-state index is 11.6. The molecule has 0 saturated heterocycles. The number of nitrogens with zero attached hydrogens (tertiary/aromatic N) is 2. The molecule has 5 heteroatoms. The minimum absolute atomic E-state index is 0.0545. The van der Waals surface area contributed by atoms with Gasteiger partial charge in [0.2, 0.25) is 5.91 Å². The highest BCUT2D eigenvalue weighted by atomic mass is 32.2. The zero-order chi connectivity index (χ0) is 13.8. The van der Waals surface area contributed by atoms with Crippen LogP contribution in [0.2, 0.25) is 0 Å². The summed E-state index contributed by atoms with van der Waals surface area (Å²) in [5.41, 5.74) is 2.41. The van der Waals surface area contributed by atoms with Crippen molar-refractivity contribution in [2.75, 3.05) is 12.0 Å². The number of fused-ring (bicyclic) bond motifs is 1. The molecule has 0 spiro atoms. The Labute approximate surface area is 121 Å². The molecule has 102 valence electrons. The predicted molar refractivity (Wildman–Crippen MR) is 83.8 cm³/mol. The minimum Gasteiger partial charge on any atom is -0.316 e. The molecule has 0 bridgehead atoms. The van der Waals surface area contributed by atoms with Crippen molar-refractivity contribution in [3.8, 4) is 0 Å². The Balaban J connectivity index is 2.60. The third-order valence-electron chi connectivity index (χ3n) is 2.88. The predicted octanol–water partition coefficient (Wildman–Crippen LogP) is 3.21. The summed E-state index contributed by atoms with van der Waals surface area (Å²) in [6.07, 6.45) is 2.54. The van der Waals surface area contributed by atoms with E-state index in [1.807, 2.05) is 6.92 Å². The smallest absolute Gasteiger partial charge is 0.248 e. The fourth-order valence-electron chi connectivity index (χ4n) is 1.85. The Morgan fingerprint density at radius 3 is 2.95 bits per heavy atom. The van der Waals surface area contributed by atoms with Crippen LogP contribution in [0.5, 0.6) is 0 Å². The van der Waals surface area contributed by atoms with Gasteiger partial charge in [-0.05, 0) is 30.9 Å². The fourth-order valence-corrected chi connectivity index (χ4v) is 3.39. The van der Waals surface area contributed by atoms with Crippen LogP contribution >= 0.6 is 23.1 Å². The zero-order valence-corrected chi connectivity index (χ0v) is 13.1. The van der Waals surface area contributed by atoms with Crippen molar-refractivity contribution >= 4 is 39.2 Å². The van der Waals surface area contributed by atoms with E-state index in [0.29, 0.717) is 6.42 Å². The second-order valence-electron chi connectivity index (χ2n) is 4.36. The number of thiazole rings is 1. The van der Waals surface area contributed by atoms with E-state index in [-0.39, 0.29) is 5.91 Å². The lowest BCUT2D eigenvalue weighted by Gasteiger charge is -2.03. The molecule has 0 aliphatic rings. The van der Waals surface area contributed by atoms with Crippen molar-refractivity contribution in [3.05, 3.63) is 28.6 Å². The Bertz CT molecular complexity index is 655. The van der Waals surface area contributed by atoms with Crippen molar-refractivity contribution in [3.63, 3.8) is 0 Å². The summed E-state index contributed by atoms with van der Waals surface area (Å²) in [7, 11) is 0. The van der Waals surface area contributed by atoms with Crippen molar-refractivity contribution < 1.29 is 4.79 Å². The van der Waals surface area contributed by atoms with Crippen LogP contribution < -0.4 is 4.80 Å². The van der Waals surface area contributed by atoms with Crippen molar-refractivity contribution in [1.29, 1.82) is 0 Å².